The fraction of sp³-hybridized carbons (Fsp3) is 0.846. The second kappa shape index (κ2) is 5.72. The highest BCUT2D eigenvalue weighted by molar-refractivity contribution is 7.89. The first-order valence-electron chi connectivity index (χ1n) is 6.93. The molecule has 18 heavy (non-hydrogen) atoms. The van der Waals surface area contributed by atoms with Crippen LogP contribution in [0, 0.1) is 0 Å². The first-order chi connectivity index (χ1) is 8.56. The van der Waals surface area contributed by atoms with Crippen LogP contribution in [-0.4, -0.2) is 43.1 Å². The van der Waals surface area contributed by atoms with Crippen LogP contribution in [0.4, 0.5) is 0 Å². The lowest BCUT2D eigenvalue weighted by atomic mass is 10.00. The van der Waals surface area contributed by atoms with Crippen molar-refractivity contribution in [2.75, 3.05) is 12.3 Å². The van der Waals surface area contributed by atoms with Crippen molar-refractivity contribution in [3.05, 3.63) is 12.7 Å². The highest BCUT2D eigenvalue weighted by Crippen LogP contribution is 2.31. The minimum absolute atomic E-state index is 0.0618. The molecule has 1 N–H and O–H groups in total. The van der Waals surface area contributed by atoms with Gasteiger partial charge in [-0.05, 0) is 32.1 Å². The Kier molecular flexibility index (Phi) is 4.45. The third-order valence-corrected chi connectivity index (χ3v) is 5.84. The van der Waals surface area contributed by atoms with E-state index in [9.17, 15) is 8.42 Å². The van der Waals surface area contributed by atoms with E-state index in [1.807, 2.05) is 6.92 Å². The standard InChI is InChI=1S/C13H24N2O2S/c1-3-7-15(18(16,17)8-4-2)13-9-11-5-6-12(10-13)14-11/h4,11-14H,2-3,5-10H2,1H3. The van der Waals surface area contributed by atoms with Gasteiger partial charge < -0.3 is 5.32 Å². The Bertz CT molecular complexity index is 382. The molecule has 5 heteroatoms. The van der Waals surface area contributed by atoms with Gasteiger partial charge >= 0.3 is 0 Å². The summed E-state index contributed by atoms with van der Waals surface area (Å²) in [6.45, 7) is 6.23. The van der Waals surface area contributed by atoms with Crippen molar-refractivity contribution in [2.45, 2.75) is 57.2 Å². The van der Waals surface area contributed by atoms with Crippen molar-refractivity contribution >= 4 is 10.0 Å². The molecule has 0 aromatic carbocycles. The fourth-order valence-corrected chi connectivity index (χ4v) is 4.85. The summed E-state index contributed by atoms with van der Waals surface area (Å²) in [6, 6.07) is 1.23. The van der Waals surface area contributed by atoms with E-state index in [0.717, 1.165) is 19.3 Å². The largest absolute Gasteiger partial charge is 0.311 e. The van der Waals surface area contributed by atoms with E-state index in [0.29, 0.717) is 18.6 Å². The molecule has 2 bridgehead atoms. The number of fused-ring (bicyclic) bond motifs is 2. The summed E-state index contributed by atoms with van der Waals surface area (Å²) < 4.78 is 26.3. The maximum Gasteiger partial charge on any atom is 0.217 e. The van der Waals surface area contributed by atoms with Gasteiger partial charge in [-0.1, -0.05) is 13.0 Å². The normalized spacial score (nSPS) is 31.8. The van der Waals surface area contributed by atoms with Gasteiger partial charge in [-0.25, -0.2) is 8.42 Å². The Morgan fingerprint density at radius 1 is 1.33 bits per heavy atom. The molecule has 2 unspecified atom stereocenters. The molecule has 0 amide bonds. The molecule has 104 valence electrons. The fourth-order valence-electron chi connectivity index (χ4n) is 3.28. The van der Waals surface area contributed by atoms with Crippen LogP contribution in [0.1, 0.15) is 39.0 Å². The summed E-state index contributed by atoms with van der Waals surface area (Å²) >= 11 is 0. The van der Waals surface area contributed by atoms with Gasteiger partial charge in [0.15, 0.2) is 0 Å². The zero-order chi connectivity index (χ0) is 13.2. The van der Waals surface area contributed by atoms with Gasteiger partial charge in [0, 0.05) is 24.7 Å². The molecule has 2 rings (SSSR count). The van der Waals surface area contributed by atoms with Gasteiger partial charge in [-0.2, -0.15) is 4.31 Å². The molecule has 2 atom stereocenters. The molecule has 2 fully saturated rings. The van der Waals surface area contributed by atoms with E-state index in [-0.39, 0.29) is 11.8 Å². The maximum absolute atomic E-state index is 12.3. The van der Waals surface area contributed by atoms with E-state index < -0.39 is 10.0 Å². The lowest BCUT2D eigenvalue weighted by molar-refractivity contribution is 0.226. The third-order valence-electron chi connectivity index (χ3n) is 3.99. The predicted molar refractivity (Wildman–Crippen MR) is 73.9 cm³/mol. The molecule has 2 saturated heterocycles. The SMILES string of the molecule is C=CCS(=O)(=O)N(CCC)C1CC2CCC(C1)N2. The van der Waals surface area contributed by atoms with Crippen molar-refractivity contribution in [3.8, 4) is 0 Å². The summed E-state index contributed by atoms with van der Waals surface area (Å²) in [5.41, 5.74) is 0. The lowest BCUT2D eigenvalue weighted by Gasteiger charge is -2.36. The van der Waals surface area contributed by atoms with Crippen molar-refractivity contribution in [1.29, 1.82) is 0 Å². The summed E-state index contributed by atoms with van der Waals surface area (Å²) in [7, 11) is -3.17. The Morgan fingerprint density at radius 2 is 1.94 bits per heavy atom. The average Bonchev–Trinajstić information content (AvgIpc) is 2.65. The molecule has 4 nitrogen and oxygen atoms in total. The first kappa shape index (κ1) is 14.0. The number of sulfonamides is 1. The van der Waals surface area contributed by atoms with E-state index in [2.05, 4.69) is 11.9 Å². The molecule has 0 aliphatic carbocycles. The Labute approximate surface area is 110 Å². The molecule has 2 heterocycles. The van der Waals surface area contributed by atoms with E-state index in [4.69, 9.17) is 0 Å². The van der Waals surface area contributed by atoms with Crippen molar-refractivity contribution < 1.29 is 8.42 Å². The van der Waals surface area contributed by atoms with E-state index in [1.54, 1.807) is 4.31 Å². The quantitative estimate of drug-likeness (QED) is 0.745. The molecule has 0 spiro atoms. The molecular formula is C13H24N2O2S. The minimum Gasteiger partial charge on any atom is -0.311 e. The van der Waals surface area contributed by atoms with Gasteiger partial charge in [0.1, 0.15) is 0 Å². The van der Waals surface area contributed by atoms with Crippen molar-refractivity contribution in [2.24, 2.45) is 0 Å². The summed E-state index contributed by atoms with van der Waals surface area (Å²) in [5, 5.41) is 3.56. The minimum atomic E-state index is -3.17. The van der Waals surface area contributed by atoms with Gasteiger partial charge in [0.2, 0.25) is 10.0 Å². The lowest BCUT2D eigenvalue weighted by Crippen LogP contribution is -2.50. The molecule has 2 aliphatic rings. The van der Waals surface area contributed by atoms with Crippen LogP contribution < -0.4 is 5.32 Å². The second-order valence-corrected chi connectivity index (χ2v) is 7.41. The zero-order valence-corrected chi connectivity index (χ0v) is 12.0. The highest BCUT2D eigenvalue weighted by Gasteiger charge is 2.39. The highest BCUT2D eigenvalue weighted by atomic mass is 32.2. The number of nitrogens with one attached hydrogen (secondary N) is 1. The monoisotopic (exact) mass is 272 g/mol. The van der Waals surface area contributed by atoms with Gasteiger partial charge in [-0.15, -0.1) is 6.58 Å². The first-order valence-corrected chi connectivity index (χ1v) is 8.54. The molecular weight excluding hydrogens is 248 g/mol. The average molecular weight is 272 g/mol. The van der Waals surface area contributed by atoms with Crippen LogP contribution in [-0.2, 0) is 10.0 Å². The Morgan fingerprint density at radius 3 is 2.44 bits per heavy atom. The van der Waals surface area contributed by atoms with Crippen LogP contribution in [0.5, 0.6) is 0 Å². The third kappa shape index (κ3) is 2.95. The van der Waals surface area contributed by atoms with Crippen molar-refractivity contribution in [1.82, 2.24) is 9.62 Å². The summed E-state index contributed by atoms with van der Waals surface area (Å²) in [6.07, 6.45) is 6.69. The summed E-state index contributed by atoms with van der Waals surface area (Å²) in [4.78, 5) is 0. The molecule has 2 aliphatic heterocycles. The smallest absolute Gasteiger partial charge is 0.217 e. The summed E-state index contributed by atoms with van der Waals surface area (Å²) in [5.74, 6) is 0.0618. The molecule has 0 aromatic heterocycles. The van der Waals surface area contributed by atoms with Gasteiger partial charge in [-0.3, -0.25) is 0 Å². The Hall–Kier alpha value is -0.390. The zero-order valence-electron chi connectivity index (χ0n) is 11.1. The van der Waals surface area contributed by atoms with Crippen LogP contribution in [0.25, 0.3) is 0 Å². The van der Waals surface area contributed by atoms with Crippen LogP contribution >= 0.6 is 0 Å². The molecule has 0 radical (unpaired) electrons. The van der Waals surface area contributed by atoms with Crippen LogP contribution in [0.3, 0.4) is 0 Å². The second-order valence-electron chi connectivity index (χ2n) is 5.44. The number of hydrogen-bond acceptors (Lipinski definition) is 3. The number of hydrogen-bond donors (Lipinski definition) is 1. The van der Waals surface area contributed by atoms with Gasteiger partial charge in [0.05, 0.1) is 5.75 Å². The van der Waals surface area contributed by atoms with Gasteiger partial charge in [0.25, 0.3) is 0 Å². The number of nitrogens with zero attached hydrogens (tertiary/aromatic N) is 1. The molecule has 0 aromatic rings. The van der Waals surface area contributed by atoms with Crippen LogP contribution in [0.15, 0.2) is 12.7 Å². The number of piperidine rings is 1. The topological polar surface area (TPSA) is 49.4 Å². The van der Waals surface area contributed by atoms with Crippen molar-refractivity contribution in [3.63, 3.8) is 0 Å². The predicted octanol–water partition coefficient (Wildman–Crippen LogP) is 1.50. The van der Waals surface area contributed by atoms with E-state index >= 15 is 0 Å². The molecule has 0 saturated carbocycles. The number of rotatable bonds is 6. The van der Waals surface area contributed by atoms with E-state index in [1.165, 1.54) is 18.9 Å². The Balaban J connectivity index is 2.12. The van der Waals surface area contributed by atoms with Crippen LogP contribution in [0.2, 0.25) is 0 Å². The maximum atomic E-state index is 12.3.